The van der Waals surface area contributed by atoms with E-state index in [1.807, 2.05) is 0 Å². The summed E-state index contributed by atoms with van der Waals surface area (Å²) >= 11 is 11.8. The summed E-state index contributed by atoms with van der Waals surface area (Å²) in [7, 11) is 0. The smallest absolute Gasteiger partial charge is 0.256 e. The van der Waals surface area contributed by atoms with Crippen LogP contribution in [0.3, 0.4) is 0 Å². The lowest BCUT2D eigenvalue weighted by Crippen LogP contribution is -2.11. The van der Waals surface area contributed by atoms with Crippen LogP contribution in [0.25, 0.3) is 11.1 Å². The second-order valence-electron chi connectivity index (χ2n) is 3.51. The van der Waals surface area contributed by atoms with Gasteiger partial charge in [-0.2, -0.15) is 0 Å². The highest BCUT2D eigenvalue weighted by Gasteiger charge is 2.08. The Kier molecular flexibility index (Phi) is 3.52. The summed E-state index contributed by atoms with van der Waals surface area (Å²) in [6.07, 6.45) is 0. The first-order valence-electron chi connectivity index (χ1n) is 4.90. The lowest BCUT2D eigenvalue weighted by atomic mass is 10.1. The first kappa shape index (κ1) is 12.2. The molecule has 0 bridgehead atoms. The molecular formula is C12H9Cl2NO2. The van der Waals surface area contributed by atoms with Crippen molar-refractivity contribution >= 4 is 23.2 Å². The Morgan fingerprint density at radius 1 is 1.12 bits per heavy atom. The van der Waals surface area contributed by atoms with Crippen molar-refractivity contribution in [1.29, 1.82) is 0 Å². The number of aliphatic hydroxyl groups excluding tert-OH is 1. The van der Waals surface area contributed by atoms with Gasteiger partial charge >= 0.3 is 0 Å². The number of hydrogen-bond donors (Lipinski definition) is 2. The van der Waals surface area contributed by atoms with Crippen LogP contribution in [0.5, 0.6) is 0 Å². The summed E-state index contributed by atoms with van der Waals surface area (Å²) in [4.78, 5) is 14.3. The topological polar surface area (TPSA) is 53.1 Å². The summed E-state index contributed by atoms with van der Waals surface area (Å²) in [5, 5.41) is 9.83. The van der Waals surface area contributed by atoms with E-state index >= 15 is 0 Å². The molecule has 1 heterocycles. The van der Waals surface area contributed by atoms with E-state index in [2.05, 4.69) is 4.98 Å². The molecule has 0 amide bonds. The number of H-pyrrole nitrogens is 1. The van der Waals surface area contributed by atoms with Gasteiger partial charge in [-0.25, -0.2) is 0 Å². The molecular weight excluding hydrogens is 261 g/mol. The minimum absolute atomic E-state index is 0.204. The SMILES string of the molecule is O=c1[nH]c(CO)ccc1-c1ccc(Cl)cc1Cl. The number of aromatic amines is 1. The molecule has 17 heavy (non-hydrogen) atoms. The minimum Gasteiger partial charge on any atom is -0.390 e. The van der Waals surface area contributed by atoms with Crippen molar-refractivity contribution in [1.82, 2.24) is 4.98 Å². The number of hydrogen-bond acceptors (Lipinski definition) is 2. The lowest BCUT2D eigenvalue weighted by molar-refractivity contribution is 0.276. The number of aliphatic hydroxyl groups is 1. The number of rotatable bonds is 2. The van der Waals surface area contributed by atoms with Gasteiger partial charge in [-0.15, -0.1) is 0 Å². The van der Waals surface area contributed by atoms with Crippen LogP contribution in [0.15, 0.2) is 35.1 Å². The Morgan fingerprint density at radius 3 is 2.41 bits per heavy atom. The van der Waals surface area contributed by atoms with Crippen molar-refractivity contribution in [3.63, 3.8) is 0 Å². The largest absolute Gasteiger partial charge is 0.390 e. The standard InChI is InChI=1S/C12H9Cl2NO2/c13-7-1-3-9(11(14)5-7)10-4-2-8(6-16)15-12(10)17/h1-5,16H,6H2,(H,15,17). The maximum atomic E-state index is 11.8. The average molecular weight is 270 g/mol. The van der Waals surface area contributed by atoms with Gasteiger partial charge in [0, 0.05) is 21.8 Å². The molecule has 0 spiro atoms. The maximum absolute atomic E-state index is 11.8. The second kappa shape index (κ2) is 4.92. The van der Waals surface area contributed by atoms with Gasteiger partial charge in [-0.1, -0.05) is 29.3 Å². The van der Waals surface area contributed by atoms with Crippen LogP contribution in [0.2, 0.25) is 10.0 Å². The van der Waals surface area contributed by atoms with Gasteiger partial charge in [0.15, 0.2) is 0 Å². The van der Waals surface area contributed by atoms with Crippen molar-refractivity contribution in [2.75, 3.05) is 0 Å². The van der Waals surface area contributed by atoms with Gasteiger partial charge < -0.3 is 10.1 Å². The molecule has 0 radical (unpaired) electrons. The molecule has 2 aromatic rings. The molecule has 0 atom stereocenters. The van der Waals surface area contributed by atoms with E-state index in [9.17, 15) is 4.79 Å². The highest BCUT2D eigenvalue weighted by molar-refractivity contribution is 6.36. The van der Waals surface area contributed by atoms with Crippen LogP contribution in [0.4, 0.5) is 0 Å². The van der Waals surface area contributed by atoms with Crippen molar-refractivity contribution in [2.24, 2.45) is 0 Å². The predicted molar refractivity (Wildman–Crippen MR) is 68.4 cm³/mol. The summed E-state index contributed by atoms with van der Waals surface area (Å²) in [6, 6.07) is 8.20. The number of halogens is 2. The van der Waals surface area contributed by atoms with E-state index in [0.717, 1.165) is 0 Å². The van der Waals surface area contributed by atoms with Crippen LogP contribution >= 0.6 is 23.2 Å². The average Bonchev–Trinajstić information content (AvgIpc) is 2.30. The molecule has 88 valence electrons. The first-order valence-corrected chi connectivity index (χ1v) is 5.66. The van der Waals surface area contributed by atoms with E-state index in [4.69, 9.17) is 28.3 Å². The number of pyridine rings is 1. The second-order valence-corrected chi connectivity index (χ2v) is 4.35. The van der Waals surface area contributed by atoms with E-state index < -0.39 is 0 Å². The Bertz CT molecular complexity index is 608. The van der Waals surface area contributed by atoms with Crippen molar-refractivity contribution in [3.05, 3.63) is 56.4 Å². The Hall–Kier alpha value is -1.29. The van der Waals surface area contributed by atoms with E-state index in [-0.39, 0.29) is 12.2 Å². The molecule has 0 fully saturated rings. The fourth-order valence-electron chi connectivity index (χ4n) is 1.53. The molecule has 2 rings (SSSR count). The van der Waals surface area contributed by atoms with Gasteiger partial charge in [-0.05, 0) is 24.3 Å². The molecule has 0 saturated carbocycles. The molecule has 1 aromatic carbocycles. The fraction of sp³-hybridized carbons (Fsp3) is 0.0833. The van der Waals surface area contributed by atoms with Crippen LogP contribution in [-0.4, -0.2) is 10.1 Å². The molecule has 0 unspecified atom stereocenters. The van der Waals surface area contributed by atoms with Crippen LogP contribution in [0, 0.1) is 0 Å². The monoisotopic (exact) mass is 269 g/mol. The number of aromatic nitrogens is 1. The van der Waals surface area contributed by atoms with Crippen molar-refractivity contribution < 1.29 is 5.11 Å². The van der Waals surface area contributed by atoms with Crippen LogP contribution in [-0.2, 0) is 6.61 Å². The quantitative estimate of drug-likeness (QED) is 0.881. The lowest BCUT2D eigenvalue weighted by Gasteiger charge is -2.05. The Labute approximate surface area is 108 Å². The minimum atomic E-state index is -0.291. The van der Waals surface area contributed by atoms with Crippen LogP contribution < -0.4 is 5.56 Å². The third-order valence-corrected chi connectivity index (χ3v) is 2.91. The first-order chi connectivity index (χ1) is 8.11. The highest BCUT2D eigenvalue weighted by atomic mass is 35.5. The summed E-state index contributed by atoms with van der Waals surface area (Å²) in [5.41, 5.74) is 1.23. The van der Waals surface area contributed by atoms with Gasteiger partial charge in [0.2, 0.25) is 0 Å². The highest BCUT2D eigenvalue weighted by Crippen LogP contribution is 2.28. The maximum Gasteiger partial charge on any atom is 0.256 e. The molecule has 0 saturated heterocycles. The normalized spacial score (nSPS) is 10.5. The summed E-state index contributed by atoms with van der Waals surface area (Å²) in [5.74, 6) is 0. The van der Waals surface area contributed by atoms with Gasteiger partial charge in [-0.3, -0.25) is 4.79 Å². The zero-order valence-corrected chi connectivity index (χ0v) is 10.2. The number of benzene rings is 1. The van der Waals surface area contributed by atoms with Crippen molar-refractivity contribution in [2.45, 2.75) is 6.61 Å². The Balaban J connectivity index is 2.57. The zero-order chi connectivity index (χ0) is 12.4. The predicted octanol–water partition coefficient (Wildman–Crippen LogP) is 2.84. The molecule has 3 nitrogen and oxygen atoms in total. The molecule has 1 aromatic heterocycles. The molecule has 0 aliphatic heterocycles. The van der Waals surface area contributed by atoms with E-state index in [1.54, 1.807) is 30.3 Å². The summed E-state index contributed by atoms with van der Waals surface area (Å²) in [6.45, 7) is -0.204. The van der Waals surface area contributed by atoms with E-state index in [1.165, 1.54) is 0 Å². The Morgan fingerprint density at radius 2 is 1.82 bits per heavy atom. The molecule has 0 aliphatic rings. The molecule has 5 heteroatoms. The zero-order valence-electron chi connectivity index (χ0n) is 8.71. The van der Waals surface area contributed by atoms with Gasteiger partial charge in [0.1, 0.15) is 0 Å². The summed E-state index contributed by atoms with van der Waals surface area (Å²) < 4.78 is 0. The van der Waals surface area contributed by atoms with Gasteiger partial charge in [0.25, 0.3) is 5.56 Å². The van der Waals surface area contributed by atoms with Gasteiger partial charge in [0.05, 0.1) is 11.6 Å². The third-order valence-electron chi connectivity index (χ3n) is 2.36. The molecule has 2 N–H and O–H groups in total. The fourth-order valence-corrected chi connectivity index (χ4v) is 2.04. The van der Waals surface area contributed by atoms with E-state index in [0.29, 0.717) is 26.9 Å². The number of nitrogens with one attached hydrogen (secondary N) is 1. The van der Waals surface area contributed by atoms with Crippen molar-refractivity contribution in [3.8, 4) is 11.1 Å². The third kappa shape index (κ3) is 2.52. The molecule has 0 aliphatic carbocycles. The van der Waals surface area contributed by atoms with Crippen LogP contribution in [0.1, 0.15) is 5.69 Å².